The molecule has 0 saturated carbocycles. The highest BCUT2D eigenvalue weighted by Gasteiger charge is 2.25. The van der Waals surface area contributed by atoms with Crippen LogP contribution in [0.3, 0.4) is 0 Å². The third-order valence-electron chi connectivity index (χ3n) is 5.86. The Morgan fingerprint density at radius 3 is 2.66 bits per heavy atom. The number of nitriles is 1. The lowest BCUT2D eigenvalue weighted by atomic mass is 9.95. The molecule has 2 aliphatic rings. The Kier molecular flexibility index (Phi) is 6.04. The SMILES string of the molecule is CC(C)C(NC(=O)Cn1c(=O)c(C#N)c2n(c1=O)CCC2)c1ccc2c(c1)OCCCO2. The summed E-state index contributed by atoms with van der Waals surface area (Å²) in [6.07, 6.45) is 2.00. The van der Waals surface area contributed by atoms with Crippen LogP contribution in [-0.4, -0.2) is 28.3 Å². The molecule has 0 saturated heterocycles. The van der Waals surface area contributed by atoms with Crippen molar-refractivity contribution < 1.29 is 14.3 Å². The van der Waals surface area contributed by atoms with Crippen molar-refractivity contribution in [2.75, 3.05) is 13.2 Å². The molecule has 1 N–H and O–H groups in total. The van der Waals surface area contributed by atoms with Gasteiger partial charge in [-0.3, -0.25) is 14.2 Å². The molecule has 2 aliphatic heterocycles. The van der Waals surface area contributed by atoms with Gasteiger partial charge in [0, 0.05) is 18.7 Å². The normalized spacial score (nSPS) is 15.6. The Morgan fingerprint density at radius 1 is 1.19 bits per heavy atom. The summed E-state index contributed by atoms with van der Waals surface area (Å²) in [5.41, 5.74) is -0.0104. The summed E-state index contributed by atoms with van der Waals surface area (Å²) in [6, 6.07) is 7.11. The molecular weight excluding hydrogens is 412 g/mol. The van der Waals surface area contributed by atoms with Gasteiger partial charge in [0.2, 0.25) is 5.91 Å². The lowest BCUT2D eigenvalue weighted by Crippen LogP contribution is -2.46. The number of aromatic nitrogens is 2. The number of rotatable bonds is 5. The van der Waals surface area contributed by atoms with Gasteiger partial charge in [0.1, 0.15) is 18.2 Å². The van der Waals surface area contributed by atoms with Crippen LogP contribution in [0.1, 0.15) is 49.6 Å². The van der Waals surface area contributed by atoms with Crippen molar-refractivity contribution in [3.05, 3.63) is 55.9 Å². The van der Waals surface area contributed by atoms with Gasteiger partial charge in [-0.2, -0.15) is 5.26 Å². The third-order valence-corrected chi connectivity index (χ3v) is 5.86. The predicted molar refractivity (Wildman–Crippen MR) is 116 cm³/mol. The van der Waals surface area contributed by atoms with Crippen molar-refractivity contribution in [1.29, 1.82) is 5.26 Å². The summed E-state index contributed by atoms with van der Waals surface area (Å²) < 4.78 is 13.7. The highest BCUT2D eigenvalue weighted by Crippen LogP contribution is 2.34. The number of carbonyl (C=O) groups excluding carboxylic acids is 1. The Labute approximate surface area is 185 Å². The molecule has 1 aromatic heterocycles. The van der Waals surface area contributed by atoms with Crippen LogP contribution in [0.15, 0.2) is 27.8 Å². The van der Waals surface area contributed by atoms with Crippen LogP contribution in [0.25, 0.3) is 0 Å². The number of fused-ring (bicyclic) bond motifs is 2. The van der Waals surface area contributed by atoms with E-state index >= 15 is 0 Å². The van der Waals surface area contributed by atoms with Crippen LogP contribution in [0.2, 0.25) is 0 Å². The Hall–Kier alpha value is -3.54. The zero-order chi connectivity index (χ0) is 22.8. The first kappa shape index (κ1) is 21.7. The van der Waals surface area contributed by atoms with Gasteiger partial charge in [0.05, 0.1) is 19.3 Å². The van der Waals surface area contributed by atoms with Gasteiger partial charge in [-0.1, -0.05) is 19.9 Å². The molecule has 0 radical (unpaired) electrons. The highest BCUT2D eigenvalue weighted by atomic mass is 16.5. The second kappa shape index (κ2) is 8.91. The van der Waals surface area contributed by atoms with E-state index in [0.29, 0.717) is 49.8 Å². The standard InChI is InChI=1S/C23H26N4O5/c1-14(2)21(15-6-7-18-19(11-15)32-10-4-9-31-18)25-20(28)13-27-22(29)16(12-24)17-5-3-8-26(17)23(27)30/h6-7,11,14,21H,3-5,8-10,13H2,1-2H3,(H,25,28). The van der Waals surface area contributed by atoms with E-state index in [4.69, 9.17) is 9.47 Å². The largest absolute Gasteiger partial charge is 0.490 e. The van der Waals surface area contributed by atoms with Gasteiger partial charge in [0.15, 0.2) is 11.5 Å². The first-order valence-corrected chi connectivity index (χ1v) is 10.9. The molecule has 1 unspecified atom stereocenters. The summed E-state index contributed by atoms with van der Waals surface area (Å²) in [4.78, 5) is 38.4. The molecule has 0 fully saturated rings. The number of hydrogen-bond acceptors (Lipinski definition) is 6. The molecule has 0 spiro atoms. The maximum Gasteiger partial charge on any atom is 0.331 e. The summed E-state index contributed by atoms with van der Waals surface area (Å²) in [5, 5.41) is 12.4. The summed E-state index contributed by atoms with van der Waals surface area (Å²) >= 11 is 0. The topological polar surface area (TPSA) is 115 Å². The van der Waals surface area contributed by atoms with Gasteiger partial charge in [-0.05, 0) is 36.5 Å². The zero-order valence-electron chi connectivity index (χ0n) is 18.2. The maximum absolute atomic E-state index is 12.9. The number of hydrogen-bond donors (Lipinski definition) is 1. The van der Waals surface area contributed by atoms with Crippen LogP contribution >= 0.6 is 0 Å². The highest BCUT2D eigenvalue weighted by molar-refractivity contribution is 5.76. The summed E-state index contributed by atoms with van der Waals surface area (Å²) in [6.45, 7) is 5.08. The first-order valence-electron chi connectivity index (χ1n) is 10.9. The van der Waals surface area contributed by atoms with Crippen LogP contribution in [0, 0.1) is 17.2 Å². The molecule has 1 atom stereocenters. The Bertz CT molecular complexity index is 1200. The van der Waals surface area contributed by atoms with Crippen molar-refractivity contribution in [3.8, 4) is 17.6 Å². The molecule has 168 valence electrons. The molecule has 9 heteroatoms. The first-order chi connectivity index (χ1) is 15.4. The van der Waals surface area contributed by atoms with Crippen LogP contribution in [0.4, 0.5) is 0 Å². The fourth-order valence-corrected chi connectivity index (χ4v) is 4.26. The average molecular weight is 438 g/mol. The molecule has 9 nitrogen and oxygen atoms in total. The minimum Gasteiger partial charge on any atom is -0.490 e. The van der Waals surface area contributed by atoms with Crippen molar-refractivity contribution >= 4 is 5.91 Å². The maximum atomic E-state index is 12.9. The molecule has 4 rings (SSSR count). The predicted octanol–water partition coefficient (Wildman–Crippen LogP) is 1.50. The fraction of sp³-hybridized carbons (Fsp3) is 0.478. The van der Waals surface area contributed by atoms with Crippen LogP contribution in [-0.2, 0) is 24.3 Å². The number of benzene rings is 1. The molecule has 32 heavy (non-hydrogen) atoms. The van der Waals surface area contributed by atoms with Crippen molar-refractivity contribution in [3.63, 3.8) is 0 Å². The second-order valence-electron chi connectivity index (χ2n) is 8.41. The van der Waals surface area contributed by atoms with Gasteiger partial charge in [-0.25, -0.2) is 9.36 Å². The van der Waals surface area contributed by atoms with Crippen molar-refractivity contribution in [2.45, 2.75) is 52.2 Å². The van der Waals surface area contributed by atoms with Gasteiger partial charge < -0.3 is 14.8 Å². The molecule has 3 heterocycles. The number of nitrogens with zero attached hydrogens (tertiary/aromatic N) is 3. The number of nitrogens with one attached hydrogen (secondary N) is 1. The molecule has 1 amide bonds. The average Bonchev–Trinajstić information content (AvgIpc) is 3.13. The molecule has 2 aromatic rings. The van der Waals surface area contributed by atoms with Crippen molar-refractivity contribution in [2.24, 2.45) is 5.92 Å². The van der Waals surface area contributed by atoms with E-state index in [1.165, 1.54) is 4.57 Å². The monoisotopic (exact) mass is 438 g/mol. The van der Waals surface area contributed by atoms with Gasteiger partial charge in [-0.15, -0.1) is 0 Å². The van der Waals surface area contributed by atoms with Gasteiger partial charge in [0.25, 0.3) is 5.56 Å². The van der Waals surface area contributed by atoms with E-state index in [9.17, 15) is 19.6 Å². The molecule has 0 bridgehead atoms. The Morgan fingerprint density at radius 2 is 1.94 bits per heavy atom. The van der Waals surface area contributed by atoms with Crippen LogP contribution < -0.4 is 26.0 Å². The van der Waals surface area contributed by atoms with E-state index in [-0.39, 0.29) is 17.5 Å². The Balaban J connectivity index is 1.60. The van der Waals surface area contributed by atoms with Crippen LogP contribution in [0.5, 0.6) is 11.5 Å². The van der Waals surface area contributed by atoms with E-state index in [2.05, 4.69) is 5.32 Å². The fourth-order valence-electron chi connectivity index (χ4n) is 4.26. The molecule has 0 aliphatic carbocycles. The molecule has 1 aromatic carbocycles. The summed E-state index contributed by atoms with van der Waals surface area (Å²) in [5.74, 6) is 0.863. The van der Waals surface area contributed by atoms with Gasteiger partial charge >= 0.3 is 5.69 Å². The minimum absolute atomic E-state index is 0.0382. The number of ether oxygens (including phenoxy) is 2. The molecular formula is C23H26N4O5. The minimum atomic E-state index is -0.711. The quantitative estimate of drug-likeness (QED) is 0.757. The lowest BCUT2D eigenvalue weighted by Gasteiger charge is -2.24. The van der Waals surface area contributed by atoms with E-state index in [0.717, 1.165) is 16.6 Å². The van der Waals surface area contributed by atoms with E-state index in [1.54, 1.807) is 0 Å². The third kappa shape index (κ3) is 4.00. The van der Waals surface area contributed by atoms with E-state index in [1.807, 2.05) is 38.1 Å². The lowest BCUT2D eigenvalue weighted by molar-refractivity contribution is -0.122. The van der Waals surface area contributed by atoms with Crippen molar-refractivity contribution in [1.82, 2.24) is 14.5 Å². The zero-order valence-corrected chi connectivity index (χ0v) is 18.2. The summed E-state index contributed by atoms with van der Waals surface area (Å²) in [7, 11) is 0. The second-order valence-corrected chi connectivity index (χ2v) is 8.41. The number of amides is 1. The smallest absolute Gasteiger partial charge is 0.331 e. The van der Waals surface area contributed by atoms with E-state index < -0.39 is 23.7 Å². The number of carbonyl (C=O) groups is 1.